The smallest absolute Gasteiger partial charge is 0.249 e. The molecule has 0 unspecified atom stereocenters. The molecule has 136 valence electrons. The van der Waals surface area contributed by atoms with Gasteiger partial charge in [0, 0.05) is 11.3 Å². The number of nitrogens with one attached hydrogen (secondary N) is 2. The summed E-state index contributed by atoms with van der Waals surface area (Å²) in [6, 6.07) is 12.3. The molecular formula is C19H21N3O4. The molecule has 2 aromatic carbocycles. The van der Waals surface area contributed by atoms with Crippen molar-refractivity contribution in [3.05, 3.63) is 53.6 Å². The zero-order valence-electron chi connectivity index (χ0n) is 14.7. The maximum Gasteiger partial charge on any atom is 0.249 e. The van der Waals surface area contributed by atoms with Gasteiger partial charge >= 0.3 is 0 Å². The van der Waals surface area contributed by atoms with E-state index >= 15 is 0 Å². The molecule has 0 aliphatic carbocycles. The highest BCUT2D eigenvalue weighted by atomic mass is 16.5. The number of aryl methyl sites for hydroxylation is 1. The summed E-state index contributed by atoms with van der Waals surface area (Å²) >= 11 is 0. The molecule has 0 heterocycles. The highest BCUT2D eigenvalue weighted by Gasteiger charge is 2.11. The molecular weight excluding hydrogens is 334 g/mol. The highest BCUT2D eigenvalue weighted by molar-refractivity contribution is 6.04. The van der Waals surface area contributed by atoms with Crippen molar-refractivity contribution < 1.29 is 19.4 Å². The summed E-state index contributed by atoms with van der Waals surface area (Å²) in [6.45, 7) is 1.99. The van der Waals surface area contributed by atoms with E-state index in [1.807, 2.05) is 25.1 Å². The summed E-state index contributed by atoms with van der Waals surface area (Å²) in [5.74, 6) is -0.769. The van der Waals surface area contributed by atoms with Crippen LogP contribution in [0.2, 0.25) is 0 Å². The summed E-state index contributed by atoms with van der Waals surface area (Å²) in [7, 11) is 1.44. The van der Waals surface area contributed by atoms with Crippen LogP contribution in [0.1, 0.15) is 24.5 Å². The third-order valence-corrected chi connectivity index (χ3v) is 3.64. The minimum Gasteiger partial charge on any atom is -0.504 e. The average molecular weight is 355 g/mol. The predicted molar refractivity (Wildman–Crippen MR) is 99.5 cm³/mol. The number of phenolic OH excluding ortho intramolecular Hbond substituents is 1. The van der Waals surface area contributed by atoms with Crippen molar-refractivity contribution in [2.24, 2.45) is 5.10 Å². The first kappa shape index (κ1) is 19.0. The van der Waals surface area contributed by atoms with Gasteiger partial charge in [0.25, 0.3) is 0 Å². The number of hydrazone groups is 1. The number of aromatic hydroxyl groups is 1. The van der Waals surface area contributed by atoms with E-state index in [1.54, 1.807) is 24.3 Å². The Kier molecular flexibility index (Phi) is 6.73. The lowest BCUT2D eigenvalue weighted by Crippen LogP contribution is -2.25. The molecule has 7 heteroatoms. The number of phenols is 1. The van der Waals surface area contributed by atoms with Crippen LogP contribution in [0, 0.1) is 0 Å². The van der Waals surface area contributed by atoms with Crippen molar-refractivity contribution in [1.82, 2.24) is 5.43 Å². The number of ether oxygens (including phenoxy) is 1. The molecule has 0 radical (unpaired) electrons. The summed E-state index contributed by atoms with van der Waals surface area (Å²) in [6.07, 6.45) is 1.69. The normalized spacial score (nSPS) is 10.5. The second-order valence-corrected chi connectivity index (χ2v) is 5.43. The Morgan fingerprint density at radius 3 is 2.65 bits per heavy atom. The summed E-state index contributed by atoms with van der Waals surface area (Å²) in [5, 5.41) is 16.4. The Morgan fingerprint density at radius 2 is 1.92 bits per heavy atom. The number of carbonyl (C=O) groups is 2. The molecule has 0 aliphatic rings. The largest absolute Gasteiger partial charge is 0.504 e. The quantitative estimate of drug-likeness (QED) is 0.403. The molecule has 0 aliphatic heterocycles. The number of carbonyl (C=O) groups excluding carboxylic acids is 2. The molecule has 2 aromatic rings. The van der Waals surface area contributed by atoms with Crippen molar-refractivity contribution >= 4 is 23.7 Å². The topological polar surface area (TPSA) is 100 Å². The molecule has 2 rings (SSSR count). The second kappa shape index (κ2) is 9.22. The van der Waals surface area contributed by atoms with Crippen molar-refractivity contribution in [1.29, 1.82) is 0 Å². The van der Waals surface area contributed by atoms with E-state index in [4.69, 9.17) is 4.74 Å². The number of rotatable bonds is 7. The molecule has 0 bridgehead atoms. The average Bonchev–Trinajstić information content (AvgIpc) is 2.63. The number of hydrogen-bond donors (Lipinski definition) is 3. The maximum absolute atomic E-state index is 12.0. The van der Waals surface area contributed by atoms with Crippen LogP contribution in [-0.4, -0.2) is 30.2 Å². The molecule has 0 saturated heterocycles. The fraction of sp³-hybridized carbons (Fsp3) is 0.211. The van der Waals surface area contributed by atoms with Crippen LogP contribution >= 0.6 is 0 Å². The van der Waals surface area contributed by atoms with Gasteiger partial charge in [0.1, 0.15) is 6.42 Å². The monoisotopic (exact) mass is 355 g/mol. The Hall–Kier alpha value is -3.35. The number of methoxy groups -OCH3 is 1. The highest BCUT2D eigenvalue weighted by Crippen LogP contribution is 2.27. The standard InChI is InChI=1S/C19H21N3O4/c1-3-13-7-4-5-9-15(13)21-17(23)11-18(24)22-20-12-14-8-6-10-16(26-2)19(14)25/h4-10,12,25H,3,11H2,1-2H3,(H,21,23)(H,22,24)/b20-12+. The van der Waals surface area contributed by atoms with Gasteiger partial charge in [0.15, 0.2) is 11.5 Å². The number of para-hydroxylation sites is 2. The van der Waals surface area contributed by atoms with Crippen molar-refractivity contribution in [2.45, 2.75) is 19.8 Å². The molecule has 0 spiro atoms. The lowest BCUT2D eigenvalue weighted by atomic mass is 10.1. The van der Waals surface area contributed by atoms with Crippen molar-refractivity contribution in [2.75, 3.05) is 12.4 Å². The third-order valence-electron chi connectivity index (χ3n) is 3.64. The minimum absolute atomic E-state index is 0.0816. The van der Waals surface area contributed by atoms with E-state index in [2.05, 4.69) is 15.8 Å². The van der Waals surface area contributed by atoms with E-state index in [0.717, 1.165) is 12.0 Å². The molecule has 7 nitrogen and oxygen atoms in total. The molecule has 2 amide bonds. The lowest BCUT2D eigenvalue weighted by molar-refractivity contribution is -0.126. The summed E-state index contributed by atoms with van der Waals surface area (Å²) in [4.78, 5) is 23.8. The van der Waals surface area contributed by atoms with Crippen LogP contribution in [0.5, 0.6) is 11.5 Å². The first-order valence-electron chi connectivity index (χ1n) is 8.10. The lowest BCUT2D eigenvalue weighted by Gasteiger charge is -2.09. The molecule has 26 heavy (non-hydrogen) atoms. The number of anilines is 1. The number of nitrogens with zero attached hydrogens (tertiary/aromatic N) is 1. The van der Waals surface area contributed by atoms with E-state index < -0.39 is 11.8 Å². The van der Waals surface area contributed by atoms with Crippen LogP contribution in [0.15, 0.2) is 47.6 Å². The van der Waals surface area contributed by atoms with E-state index in [0.29, 0.717) is 17.0 Å². The van der Waals surface area contributed by atoms with E-state index in [1.165, 1.54) is 13.3 Å². The van der Waals surface area contributed by atoms with Gasteiger partial charge in [-0.25, -0.2) is 5.43 Å². The molecule has 0 atom stereocenters. The Bertz CT molecular complexity index is 818. The summed E-state index contributed by atoms with van der Waals surface area (Å²) in [5.41, 5.74) is 4.32. The van der Waals surface area contributed by atoms with Crippen LogP contribution < -0.4 is 15.5 Å². The SMILES string of the molecule is CCc1ccccc1NC(=O)CC(=O)N/N=C/c1cccc(OC)c1O. The molecule has 0 saturated carbocycles. The fourth-order valence-electron chi connectivity index (χ4n) is 2.31. The van der Waals surface area contributed by atoms with Gasteiger partial charge in [0.2, 0.25) is 11.8 Å². The van der Waals surface area contributed by atoms with Crippen molar-refractivity contribution in [3.8, 4) is 11.5 Å². The van der Waals surface area contributed by atoms with E-state index in [-0.39, 0.29) is 12.2 Å². The van der Waals surface area contributed by atoms with Crippen molar-refractivity contribution in [3.63, 3.8) is 0 Å². The third kappa shape index (κ3) is 5.07. The minimum atomic E-state index is -0.560. The fourth-order valence-corrected chi connectivity index (χ4v) is 2.31. The first-order valence-corrected chi connectivity index (χ1v) is 8.10. The van der Waals surface area contributed by atoms with Crippen LogP contribution in [-0.2, 0) is 16.0 Å². The number of amides is 2. The van der Waals surface area contributed by atoms with Gasteiger partial charge in [-0.1, -0.05) is 31.2 Å². The van der Waals surface area contributed by atoms with Gasteiger partial charge < -0.3 is 15.2 Å². The first-order chi connectivity index (χ1) is 12.5. The van der Waals surface area contributed by atoms with Crippen LogP contribution in [0.4, 0.5) is 5.69 Å². The Balaban J connectivity index is 1.89. The zero-order valence-corrected chi connectivity index (χ0v) is 14.7. The van der Waals surface area contributed by atoms with Gasteiger partial charge in [0.05, 0.1) is 13.3 Å². The number of benzene rings is 2. The maximum atomic E-state index is 12.0. The zero-order chi connectivity index (χ0) is 18.9. The Morgan fingerprint density at radius 1 is 1.15 bits per heavy atom. The van der Waals surface area contributed by atoms with Gasteiger partial charge in [-0.2, -0.15) is 5.10 Å². The van der Waals surface area contributed by atoms with Gasteiger partial charge in [-0.3, -0.25) is 9.59 Å². The van der Waals surface area contributed by atoms with Gasteiger partial charge in [-0.05, 0) is 30.2 Å². The Labute approximate surface area is 151 Å². The predicted octanol–water partition coefficient (Wildman–Crippen LogP) is 2.44. The molecule has 0 fully saturated rings. The van der Waals surface area contributed by atoms with Crippen LogP contribution in [0.3, 0.4) is 0 Å². The molecule has 3 N–H and O–H groups in total. The summed E-state index contributed by atoms with van der Waals surface area (Å²) < 4.78 is 4.99. The number of hydrogen-bond acceptors (Lipinski definition) is 5. The second-order valence-electron chi connectivity index (χ2n) is 5.43. The van der Waals surface area contributed by atoms with E-state index in [9.17, 15) is 14.7 Å². The van der Waals surface area contributed by atoms with Crippen LogP contribution in [0.25, 0.3) is 0 Å². The van der Waals surface area contributed by atoms with Gasteiger partial charge in [-0.15, -0.1) is 0 Å². The molecule has 0 aromatic heterocycles.